The zero-order valence-electron chi connectivity index (χ0n) is 12.1. The van der Waals surface area contributed by atoms with E-state index in [-0.39, 0.29) is 0 Å². The Morgan fingerprint density at radius 1 is 1.37 bits per heavy atom. The van der Waals surface area contributed by atoms with Crippen LogP contribution in [0.2, 0.25) is 0 Å². The summed E-state index contributed by atoms with van der Waals surface area (Å²) in [7, 11) is 1.69. The summed E-state index contributed by atoms with van der Waals surface area (Å²) in [4.78, 5) is 0. The molecule has 0 bridgehead atoms. The summed E-state index contributed by atoms with van der Waals surface area (Å²) >= 11 is 0. The second-order valence-corrected chi connectivity index (χ2v) is 4.65. The molecule has 0 saturated carbocycles. The van der Waals surface area contributed by atoms with Gasteiger partial charge in [-0.2, -0.15) is 0 Å². The van der Waals surface area contributed by atoms with Crippen molar-refractivity contribution in [3.63, 3.8) is 0 Å². The Bertz CT molecular complexity index is 368. The Labute approximate surface area is 115 Å². The summed E-state index contributed by atoms with van der Waals surface area (Å²) in [5.41, 5.74) is 2.31. The number of benzene rings is 1. The third-order valence-electron chi connectivity index (χ3n) is 2.92. The lowest BCUT2D eigenvalue weighted by molar-refractivity contribution is 0.104. The van der Waals surface area contributed by atoms with Gasteiger partial charge in [-0.05, 0) is 19.4 Å². The van der Waals surface area contributed by atoms with Crippen molar-refractivity contribution >= 4 is 0 Å². The van der Waals surface area contributed by atoms with Crippen LogP contribution >= 0.6 is 0 Å². The molecule has 4 heteroatoms. The molecule has 0 heterocycles. The van der Waals surface area contributed by atoms with Crippen LogP contribution in [0.3, 0.4) is 0 Å². The molecule has 4 nitrogen and oxygen atoms in total. The average Bonchev–Trinajstić information content (AvgIpc) is 2.42. The minimum absolute atomic E-state index is 0.338. The molecule has 1 aromatic carbocycles. The van der Waals surface area contributed by atoms with Crippen molar-refractivity contribution in [2.75, 3.05) is 26.9 Å². The molecule has 2 N–H and O–H groups in total. The Balaban J connectivity index is 2.58. The second kappa shape index (κ2) is 8.91. The van der Waals surface area contributed by atoms with Gasteiger partial charge in [-0.1, -0.05) is 24.6 Å². The zero-order chi connectivity index (χ0) is 14.1. The van der Waals surface area contributed by atoms with Crippen molar-refractivity contribution in [2.45, 2.75) is 32.9 Å². The van der Waals surface area contributed by atoms with Gasteiger partial charge in [0.1, 0.15) is 12.4 Å². The van der Waals surface area contributed by atoms with Crippen molar-refractivity contribution in [1.82, 2.24) is 5.32 Å². The van der Waals surface area contributed by atoms with E-state index in [4.69, 9.17) is 9.47 Å². The normalized spacial score (nSPS) is 12.4. The van der Waals surface area contributed by atoms with Gasteiger partial charge in [0.25, 0.3) is 0 Å². The summed E-state index contributed by atoms with van der Waals surface area (Å²) in [5.74, 6) is 0.836. The number of hydrogen-bond donors (Lipinski definition) is 2. The van der Waals surface area contributed by atoms with E-state index in [2.05, 4.69) is 18.3 Å². The van der Waals surface area contributed by atoms with Crippen LogP contribution < -0.4 is 10.1 Å². The van der Waals surface area contributed by atoms with Crippen LogP contribution in [0.15, 0.2) is 18.2 Å². The van der Waals surface area contributed by atoms with Gasteiger partial charge in [-0.3, -0.25) is 0 Å². The van der Waals surface area contributed by atoms with E-state index < -0.39 is 6.10 Å². The minimum atomic E-state index is -0.407. The summed E-state index contributed by atoms with van der Waals surface area (Å²) in [6, 6.07) is 6.09. The summed E-state index contributed by atoms with van der Waals surface area (Å²) in [6.45, 7) is 6.57. The van der Waals surface area contributed by atoms with Crippen LogP contribution in [0.1, 0.15) is 24.5 Å². The second-order valence-electron chi connectivity index (χ2n) is 4.65. The van der Waals surface area contributed by atoms with E-state index in [1.807, 2.05) is 19.1 Å². The summed E-state index contributed by atoms with van der Waals surface area (Å²) in [5, 5.41) is 12.9. The van der Waals surface area contributed by atoms with Gasteiger partial charge in [-0.15, -0.1) is 0 Å². The number of hydrogen-bond acceptors (Lipinski definition) is 4. The molecular weight excluding hydrogens is 242 g/mol. The first kappa shape index (κ1) is 16.0. The first-order valence-corrected chi connectivity index (χ1v) is 6.77. The van der Waals surface area contributed by atoms with Gasteiger partial charge in [-0.25, -0.2) is 0 Å². The number of nitrogens with one attached hydrogen (secondary N) is 1. The highest BCUT2D eigenvalue weighted by molar-refractivity contribution is 5.36. The maximum Gasteiger partial charge on any atom is 0.123 e. The van der Waals surface area contributed by atoms with Gasteiger partial charge in [0.05, 0.1) is 12.7 Å². The van der Waals surface area contributed by atoms with Gasteiger partial charge in [0, 0.05) is 25.8 Å². The molecule has 0 aliphatic rings. The monoisotopic (exact) mass is 267 g/mol. The van der Waals surface area contributed by atoms with Crippen LogP contribution in [0, 0.1) is 6.92 Å². The molecule has 0 saturated heterocycles. The fourth-order valence-electron chi connectivity index (χ4n) is 1.69. The first-order valence-electron chi connectivity index (χ1n) is 6.77. The van der Waals surface area contributed by atoms with E-state index in [1.54, 1.807) is 7.11 Å². The smallest absolute Gasteiger partial charge is 0.123 e. The summed E-state index contributed by atoms with van der Waals surface area (Å²) < 4.78 is 10.7. The Morgan fingerprint density at radius 2 is 2.16 bits per heavy atom. The number of aliphatic hydroxyl groups excluding tert-OH is 1. The highest BCUT2D eigenvalue weighted by atomic mass is 16.5. The predicted molar refractivity (Wildman–Crippen MR) is 76.6 cm³/mol. The van der Waals surface area contributed by atoms with E-state index >= 15 is 0 Å². The van der Waals surface area contributed by atoms with E-state index in [9.17, 15) is 5.11 Å². The third kappa shape index (κ3) is 6.05. The molecule has 0 radical (unpaired) electrons. The topological polar surface area (TPSA) is 50.7 Å². The maximum absolute atomic E-state index is 9.55. The Hall–Kier alpha value is -1.10. The summed E-state index contributed by atoms with van der Waals surface area (Å²) in [6.07, 6.45) is 0.295. The molecule has 1 rings (SSSR count). The standard InChI is InChI=1S/C15H25NO3/c1-4-14(17)11-19-15-6-5-12(2)9-13(15)10-16-7-8-18-3/h5-6,9,14,16-17H,4,7-8,10-11H2,1-3H3. The van der Waals surface area contributed by atoms with Crippen molar-refractivity contribution in [3.8, 4) is 5.75 Å². The highest BCUT2D eigenvalue weighted by Crippen LogP contribution is 2.20. The maximum atomic E-state index is 9.55. The van der Waals surface area contributed by atoms with Crippen LogP contribution in [-0.2, 0) is 11.3 Å². The lowest BCUT2D eigenvalue weighted by Gasteiger charge is -2.15. The minimum Gasteiger partial charge on any atom is -0.491 e. The lowest BCUT2D eigenvalue weighted by atomic mass is 10.1. The van der Waals surface area contributed by atoms with E-state index in [1.165, 1.54) is 5.56 Å². The molecule has 0 aromatic heterocycles. The molecule has 0 fully saturated rings. The van der Waals surface area contributed by atoms with Crippen LogP contribution in [-0.4, -0.2) is 38.1 Å². The number of aliphatic hydroxyl groups is 1. The molecular formula is C15H25NO3. The number of aryl methyl sites for hydroxylation is 1. The molecule has 108 valence electrons. The molecule has 0 amide bonds. The predicted octanol–water partition coefficient (Wildman–Crippen LogP) is 1.88. The van der Waals surface area contributed by atoms with Gasteiger partial charge in [0.2, 0.25) is 0 Å². The fourth-order valence-corrected chi connectivity index (χ4v) is 1.69. The van der Waals surface area contributed by atoms with Gasteiger partial charge >= 0.3 is 0 Å². The average molecular weight is 267 g/mol. The highest BCUT2D eigenvalue weighted by Gasteiger charge is 2.07. The fraction of sp³-hybridized carbons (Fsp3) is 0.600. The van der Waals surface area contributed by atoms with E-state index in [0.29, 0.717) is 19.6 Å². The lowest BCUT2D eigenvalue weighted by Crippen LogP contribution is -2.20. The first-order chi connectivity index (χ1) is 9.17. The van der Waals surface area contributed by atoms with Gasteiger partial charge < -0.3 is 19.9 Å². The zero-order valence-corrected chi connectivity index (χ0v) is 12.1. The Kier molecular flexibility index (Phi) is 7.48. The molecule has 1 aromatic rings. The third-order valence-corrected chi connectivity index (χ3v) is 2.92. The molecule has 1 atom stereocenters. The molecule has 0 spiro atoms. The van der Waals surface area contributed by atoms with Crippen molar-refractivity contribution in [2.24, 2.45) is 0 Å². The quantitative estimate of drug-likeness (QED) is 0.671. The number of ether oxygens (including phenoxy) is 2. The number of rotatable bonds is 9. The van der Waals surface area contributed by atoms with Crippen LogP contribution in [0.4, 0.5) is 0 Å². The SMILES string of the molecule is CCC(O)COc1ccc(C)cc1CNCCOC. The molecule has 0 aliphatic carbocycles. The Morgan fingerprint density at radius 3 is 2.84 bits per heavy atom. The van der Waals surface area contributed by atoms with Crippen molar-refractivity contribution < 1.29 is 14.6 Å². The van der Waals surface area contributed by atoms with Crippen molar-refractivity contribution in [1.29, 1.82) is 0 Å². The van der Waals surface area contributed by atoms with Crippen LogP contribution in [0.5, 0.6) is 5.75 Å². The molecule has 19 heavy (non-hydrogen) atoms. The molecule has 1 unspecified atom stereocenters. The largest absolute Gasteiger partial charge is 0.491 e. The van der Waals surface area contributed by atoms with Crippen LogP contribution in [0.25, 0.3) is 0 Å². The van der Waals surface area contributed by atoms with Gasteiger partial charge in [0.15, 0.2) is 0 Å². The van der Waals surface area contributed by atoms with Crippen molar-refractivity contribution in [3.05, 3.63) is 29.3 Å². The van der Waals surface area contributed by atoms with E-state index in [0.717, 1.165) is 24.4 Å². The molecule has 0 aliphatic heterocycles. The number of methoxy groups -OCH3 is 1.